The molecule has 0 spiro atoms. The van der Waals surface area contributed by atoms with Gasteiger partial charge in [0.1, 0.15) is 11.6 Å². The van der Waals surface area contributed by atoms with Crippen molar-refractivity contribution in [2.75, 3.05) is 0 Å². The Morgan fingerprint density at radius 2 is 1.71 bits per heavy atom. The molecule has 2 aromatic rings. The molecule has 0 aliphatic carbocycles. The van der Waals surface area contributed by atoms with Crippen LogP contribution in [-0.2, 0) is 16.0 Å². The molecule has 6 nitrogen and oxygen atoms in total. The fraction of sp³-hybridized carbons (Fsp3) is 0.545. The zero-order valence-corrected chi connectivity index (χ0v) is 18.0. The number of para-hydroxylation sites is 1. The van der Waals surface area contributed by atoms with Gasteiger partial charge in [0.2, 0.25) is 5.91 Å². The van der Waals surface area contributed by atoms with Gasteiger partial charge in [-0.05, 0) is 60.1 Å². The van der Waals surface area contributed by atoms with Crippen molar-refractivity contribution in [2.24, 2.45) is 0 Å². The van der Waals surface area contributed by atoms with Gasteiger partial charge in [0.25, 0.3) is 0 Å². The summed E-state index contributed by atoms with van der Waals surface area (Å²) in [6.45, 7) is 13.3. The topological polar surface area (TPSA) is 74.4 Å². The molecule has 1 heterocycles. The number of benzene rings is 1. The maximum absolute atomic E-state index is 13.3. The van der Waals surface area contributed by atoms with E-state index in [4.69, 9.17) is 4.74 Å². The molecule has 2 N–H and O–H groups in total. The van der Waals surface area contributed by atoms with Crippen LogP contribution in [0.15, 0.2) is 30.5 Å². The van der Waals surface area contributed by atoms with Gasteiger partial charge in [0, 0.05) is 35.6 Å². The van der Waals surface area contributed by atoms with Crippen LogP contribution < -0.4 is 5.32 Å². The molecule has 0 bridgehead atoms. The largest absolute Gasteiger partial charge is 0.444 e. The summed E-state index contributed by atoms with van der Waals surface area (Å²) in [4.78, 5) is 30.8. The highest BCUT2D eigenvalue weighted by Crippen LogP contribution is 2.21. The normalized spacial score (nSPS) is 13.0. The van der Waals surface area contributed by atoms with Gasteiger partial charge in [0.15, 0.2) is 0 Å². The van der Waals surface area contributed by atoms with Crippen molar-refractivity contribution in [1.82, 2.24) is 15.2 Å². The molecule has 0 fully saturated rings. The second-order valence-corrected chi connectivity index (χ2v) is 8.70. The van der Waals surface area contributed by atoms with Gasteiger partial charge in [0.05, 0.1) is 0 Å². The summed E-state index contributed by atoms with van der Waals surface area (Å²) >= 11 is 0. The lowest BCUT2D eigenvalue weighted by Crippen LogP contribution is -2.54. The number of ether oxygens (including phenoxy) is 1. The number of nitrogens with zero attached hydrogens (tertiary/aromatic N) is 1. The summed E-state index contributed by atoms with van der Waals surface area (Å²) in [5, 5.41) is 3.85. The quantitative estimate of drug-likeness (QED) is 0.778. The Balaban J connectivity index is 2.32. The van der Waals surface area contributed by atoms with Crippen molar-refractivity contribution in [3.8, 4) is 0 Å². The predicted molar refractivity (Wildman–Crippen MR) is 112 cm³/mol. The number of carbonyl (C=O) groups is 2. The zero-order valence-electron chi connectivity index (χ0n) is 18.0. The van der Waals surface area contributed by atoms with E-state index in [0.29, 0.717) is 6.42 Å². The lowest BCUT2D eigenvalue weighted by Gasteiger charge is -2.34. The van der Waals surface area contributed by atoms with Crippen molar-refractivity contribution >= 4 is 22.9 Å². The predicted octanol–water partition coefficient (Wildman–Crippen LogP) is 4.25. The van der Waals surface area contributed by atoms with Gasteiger partial charge >= 0.3 is 6.09 Å². The third-order valence-corrected chi connectivity index (χ3v) is 4.46. The SMILES string of the molecule is CC(C)N(C(=O)[C@@H](Cc1c[nH]c2ccccc12)NC(=O)OC(C)(C)C)C(C)C. The monoisotopic (exact) mass is 387 g/mol. The van der Waals surface area contributed by atoms with Crippen LogP contribution in [-0.4, -0.2) is 45.6 Å². The first kappa shape index (κ1) is 21.8. The van der Waals surface area contributed by atoms with E-state index in [-0.39, 0.29) is 18.0 Å². The number of hydrogen-bond donors (Lipinski definition) is 2. The van der Waals surface area contributed by atoms with E-state index in [2.05, 4.69) is 10.3 Å². The standard InChI is InChI=1S/C22H33N3O3/c1-14(2)25(15(3)4)20(26)19(24-21(27)28-22(5,6)7)12-16-13-23-18-11-9-8-10-17(16)18/h8-11,13-15,19,23H,12H2,1-7H3,(H,24,27)/t19-/m1/s1. The van der Waals surface area contributed by atoms with Crippen molar-refractivity contribution in [3.05, 3.63) is 36.0 Å². The minimum absolute atomic E-state index is 0.0263. The zero-order chi connectivity index (χ0) is 21.1. The first-order valence-corrected chi connectivity index (χ1v) is 9.86. The third kappa shape index (κ3) is 5.50. The minimum atomic E-state index is -0.709. The number of alkyl carbamates (subject to hydrolysis) is 1. The van der Waals surface area contributed by atoms with Crippen molar-refractivity contribution in [3.63, 3.8) is 0 Å². The third-order valence-electron chi connectivity index (χ3n) is 4.46. The summed E-state index contributed by atoms with van der Waals surface area (Å²) < 4.78 is 5.40. The molecular weight excluding hydrogens is 354 g/mol. The second kappa shape index (κ2) is 8.67. The van der Waals surface area contributed by atoms with Crippen molar-refractivity contribution < 1.29 is 14.3 Å². The minimum Gasteiger partial charge on any atom is -0.444 e. The van der Waals surface area contributed by atoms with Crippen LogP contribution in [0.1, 0.15) is 54.0 Å². The molecule has 0 unspecified atom stereocenters. The van der Waals surface area contributed by atoms with Gasteiger partial charge in [-0.1, -0.05) is 18.2 Å². The van der Waals surface area contributed by atoms with Gasteiger partial charge in [-0.2, -0.15) is 0 Å². The van der Waals surface area contributed by atoms with Gasteiger partial charge in [-0.25, -0.2) is 4.79 Å². The molecule has 0 saturated carbocycles. The van der Waals surface area contributed by atoms with Crippen LogP contribution >= 0.6 is 0 Å². The smallest absolute Gasteiger partial charge is 0.408 e. The molecule has 0 aliphatic heterocycles. The molecule has 2 rings (SSSR count). The number of aromatic amines is 1. The molecule has 1 aromatic carbocycles. The van der Waals surface area contributed by atoms with E-state index in [1.807, 2.05) is 58.2 Å². The van der Waals surface area contributed by atoms with Gasteiger partial charge in [-0.15, -0.1) is 0 Å². The fourth-order valence-corrected chi connectivity index (χ4v) is 3.46. The first-order chi connectivity index (χ1) is 13.0. The average Bonchev–Trinajstić information content (AvgIpc) is 2.95. The highest BCUT2D eigenvalue weighted by Gasteiger charge is 2.31. The Morgan fingerprint density at radius 3 is 2.29 bits per heavy atom. The van der Waals surface area contributed by atoms with Crippen LogP contribution in [0.4, 0.5) is 4.79 Å². The van der Waals surface area contributed by atoms with Crippen LogP contribution in [0.5, 0.6) is 0 Å². The molecule has 0 radical (unpaired) electrons. The second-order valence-electron chi connectivity index (χ2n) is 8.70. The van der Waals surface area contributed by atoms with E-state index >= 15 is 0 Å². The Kier molecular flexibility index (Phi) is 6.75. The molecule has 2 amide bonds. The molecule has 1 aromatic heterocycles. The Labute approximate surface area is 167 Å². The van der Waals surface area contributed by atoms with Gasteiger partial charge < -0.3 is 19.9 Å². The average molecular weight is 388 g/mol. The summed E-state index contributed by atoms with van der Waals surface area (Å²) in [6, 6.07) is 7.27. The summed E-state index contributed by atoms with van der Waals surface area (Å²) in [6.07, 6.45) is 1.70. The van der Waals surface area contributed by atoms with Crippen LogP contribution in [0.3, 0.4) is 0 Å². The maximum atomic E-state index is 13.3. The van der Waals surface area contributed by atoms with Crippen LogP contribution in [0.25, 0.3) is 10.9 Å². The van der Waals surface area contributed by atoms with E-state index in [1.54, 1.807) is 25.7 Å². The molecule has 6 heteroatoms. The Bertz CT molecular complexity index is 810. The molecule has 28 heavy (non-hydrogen) atoms. The lowest BCUT2D eigenvalue weighted by atomic mass is 10.0. The number of H-pyrrole nitrogens is 1. The molecule has 0 aliphatic rings. The lowest BCUT2D eigenvalue weighted by molar-refractivity contribution is -0.137. The molecule has 0 saturated heterocycles. The molecular formula is C22H33N3O3. The number of aromatic nitrogens is 1. The van der Waals surface area contributed by atoms with Crippen molar-refractivity contribution in [1.29, 1.82) is 0 Å². The van der Waals surface area contributed by atoms with E-state index in [1.165, 1.54) is 0 Å². The number of amides is 2. The van der Waals surface area contributed by atoms with E-state index < -0.39 is 17.7 Å². The van der Waals surface area contributed by atoms with E-state index in [0.717, 1.165) is 16.5 Å². The first-order valence-electron chi connectivity index (χ1n) is 9.86. The highest BCUT2D eigenvalue weighted by molar-refractivity contribution is 5.88. The highest BCUT2D eigenvalue weighted by atomic mass is 16.6. The summed E-state index contributed by atoms with van der Waals surface area (Å²) in [5.74, 6) is -0.110. The van der Waals surface area contributed by atoms with Crippen LogP contribution in [0, 0.1) is 0 Å². The number of carbonyl (C=O) groups excluding carboxylic acids is 2. The summed E-state index contributed by atoms with van der Waals surface area (Å²) in [7, 11) is 0. The number of rotatable bonds is 6. The number of hydrogen-bond acceptors (Lipinski definition) is 3. The Morgan fingerprint density at radius 1 is 1.11 bits per heavy atom. The molecule has 1 atom stereocenters. The number of nitrogens with one attached hydrogen (secondary N) is 2. The summed E-state index contributed by atoms with van der Waals surface area (Å²) in [5.41, 5.74) is 1.36. The Hall–Kier alpha value is -2.50. The maximum Gasteiger partial charge on any atom is 0.408 e. The van der Waals surface area contributed by atoms with Crippen molar-refractivity contribution in [2.45, 2.75) is 78.6 Å². The van der Waals surface area contributed by atoms with Gasteiger partial charge in [-0.3, -0.25) is 4.79 Å². The fourth-order valence-electron chi connectivity index (χ4n) is 3.46. The van der Waals surface area contributed by atoms with E-state index in [9.17, 15) is 9.59 Å². The molecule has 154 valence electrons. The van der Waals surface area contributed by atoms with Crippen LogP contribution in [0.2, 0.25) is 0 Å². The number of fused-ring (bicyclic) bond motifs is 1.